The van der Waals surface area contributed by atoms with Crippen LogP contribution in [0.4, 0.5) is 0 Å². The van der Waals surface area contributed by atoms with E-state index in [1.54, 1.807) is 0 Å². The molecule has 5 aliphatic rings. The molecule has 3 aliphatic heterocycles. The summed E-state index contributed by atoms with van der Waals surface area (Å²) in [4.78, 5) is 63.9. The number of nitrogens with zero attached hydrogens (tertiary/aromatic N) is 2. The average Bonchev–Trinajstić information content (AvgIpc) is 3.01. The molecular weight excluding hydrogens is 759 g/mol. The molecule has 0 aromatic heterocycles. The van der Waals surface area contributed by atoms with Crippen LogP contribution < -0.4 is 5.32 Å². The molecule has 344 valence electrons. The summed E-state index contributed by atoms with van der Waals surface area (Å²) in [6, 6.07) is 0. The van der Waals surface area contributed by atoms with Gasteiger partial charge in [0.25, 0.3) is 0 Å². The number of hydrogen-bond donors (Lipinski definition) is 1. The van der Waals surface area contributed by atoms with Gasteiger partial charge in [0, 0.05) is 71.8 Å². The van der Waals surface area contributed by atoms with Crippen LogP contribution in [-0.2, 0) is 38.1 Å². The summed E-state index contributed by atoms with van der Waals surface area (Å²) in [6.07, 6.45) is 4.50. The van der Waals surface area contributed by atoms with Gasteiger partial charge in [-0.15, -0.1) is 0 Å². The highest BCUT2D eigenvalue weighted by Gasteiger charge is 2.56. The fourth-order valence-corrected chi connectivity index (χ4v) is 13.2. The maximum Gasteiger partial charge on any atom is 0.310 e. The Morgan fingerprint density at radius 3 is 1.10 bits per heavy atom. The van der Waals surface area contributed by atoms with Crippen LogP contribution >= 0.6 is 0 Å². The second-order valence-corrected chi connectivity index (χ2v) is 25.5. The highest BCUT2D eigenvalue weighted by atomic mass is 16.6. The lowest BCUT2D eigenvalue weighted by Crippen LogP contribution is -2.61. The lowest BCUT2D eigenvalue weighted by atomic mass is 9.64. The molecule has 2 unspecified atom stereocenters. The molecule has 3 saturated heterocycles. The van der Waals surface area contributed by atoms with Gasteiger partial charge in [0.05, 0.1) is 23.7 Å². The van der Waals surface area contributed by atoms with Crippen molar-refractivity contribution in [3.63, 3.8) is 0 Å². The number of esters is 4. The van der Waals surface area contributed by atoms with Crippen molar-refractivity contribution in [2.75, 3.05) is 14.1 Å². The lowest BCUT2D eigenvalue weighted by molar-refractivity contribution is -0.189. The molecule has 60 heavy (non-hydrogen) atoms. The molecular formula is C49H85N3O8. The number of piperidine rings is 3. The minimum absolute atomic E-state index is 0.0181. The monoisotopic (exact) mass is 844 g/mol. The molecule has 0 radical (unpaired) electrons. The molecule has 0 aromatic rings. The predicted octanol–water partition coefficient (Wildman–Crippen LogP) is 8.63. The molecule has 0 amide bonds. The first kappa shape index (κ1) is 48.8. The summed E-state index contributed by atoms with van der Waals surface area (Å²) < 4.78 is 25.8. The number of hydrogen-bond acceptors (Lipinski definition) is 11. The molecule has 2 saturated carbocycles. The third kappa shape index (κ3) is 11.3. The van der Waals surface area contributed by atoms with Crippen molar-refractivity contribution < 1.29 is 38.1 Å². The average molecular weight is 844 g/mol. The van der Waals surface area contributed by atoms with Crippen LogP contribution in [0.1, 0.15) is 181 Å². The van der Waals surface area contributed by atoms with E-state index in [1.807, 2.05) is 0 Å². The van der Waals surface area contributed by atoms with Gasteiger partial charge in [0.2, 0.25) is 0 Å². The van der Waals surface area contributed by atoms with E-state index in [9.17, 15) is 19.2 Å². The first-order valence-electron chi connectivity index (χ1n) is 23.1. The van der Waals surface area contributed by atoms with Crippen molar-refractivity contribution in [3.05, 3.63) is 0 Å². The number of carbonyl (C=O) groups excluding carboxylic acids is 4. The number of likely N-dealkylation sites (tertiary alicyclic amines) is 2. The highest BCUT2D eigenvalue weighted by Crippen LogP contribution is 2.49. The fourth-order valence-electron chi connectivity index (χ4n) is 13.2. The maximum absolute atomic E-state index is 14.9. The molecule has 0 aromatic carbocycles. The van der Waals surface area contributed by atoms with Crippen molar-refractivity contribution in [1.82, 2.24) is 15.1 Å². The largest absolute Gasteiger partial charge is 0.462 e. The normalized spacial score (nSPS) is 33.0. The van der Waals surface area contributed by atoms with E-state index in [4.69, 9.17) is 18.9 Å². The van der Waals surface area contributed by atoms with Gasteiger partial charge in [0.1, 0.15) is 24.4 Å². The van der Waals surface area contributed by atoms with Gasteiger partial charge in [-0.25, -0.2) is 0 Å². The Bertz CT molecular complexity index is 1490. The zero-order valence-electron chi connectivity index (χ0n) is 41.1. The molecule has 2 atom stereocenters. The van der Waals surface area contributed by atoms with E-state index in [1.165, 1.54) is 0 Å². The number of rotatable bonds is 8. The van der Waals surface area contributed by atoms with Gasteiger partial charge >= 0.3 is 23.9 Å². The van der Waals surface area contributed by atoms with E-state index >= 15 is 0 Å². The smallest absolute Gasteiger partial charge is 0.310 e. The molecule has 2 aliphatic carbocycles. The fraction of sp³-hybridized carbons (Fsp3) is 0.918. The molecule has 1 N–H and O–H groups in total. The number of nitrogens with one attached hydrogen (secondary N) is 1. The summed E-state index contributed by atoms with van der Waals surface area (Å²) in [6.45, 7) is 34.4. The van der Waals surface area contributed by atoms with Crippen LogP contribution in [0.3, 0.4) is 0 Å². The van der Waals surface area contributed by atoms with E-state index in [0.717, 1.165) is 19.3 Å². The van der Waals surface area contributed by atoms with Crippen LogP contribution in [0.5, 0.6) is 0 Å². The van der Waals surface area contributed by atoms with Crippen molar-refractivity contribution in [1.29, 1.82) is 0 Å². The van der Waals surface area contributed by atoms with Crippen molar-refractivity contribution >= 4 is 23.9 Å². The lowest BCUT2D eigenvalue weighted by Gasteiger charge is -2.53. The van der Waals surface area contributed by atoms with Crippen molar-refractivity contribution in [2.45, 2.75) is 239 Å². The SMILES string of the molecule is CN1C(C)(C)CC(OC(=O)C2CC(C(=O)OC3CC(C)(C)CC(C)(C)C3)CC(C(=O)OC3CC(C)(C)N(C)C(C)(C)C3)C2C(=O)OC2CC(C)(C)NC(C)(C)C2)CC1(C)C. The second-order valence-electron chi connectivity index (χ2n) is 25.5. The number of carbonyl (C=O) groups is 4. The standard InChI is InChI=1S/C49H85N3O8/c1-42(2)21-31(22-43(3,4)29-42)57-38(53)30-19-35(39(54)58-33-25-46(9,10)51(17)47(11,12)26-33)37(41(56)60-32-23-44(5,6)50-45(7,8)24-32)36(20-30)40(55)59-34-27-48(13,14)52(18)49(15,16)28-34/h30-37,50H,19-29H2,1-18H3. The Balaban J connectivity index is 1.52. The van der Waals surface area contributed by atoms with Gasteiger partial charge in [-0.2, -0.15) is 0 Å². The Morgan fingerprint density at radius 2 is 0.733 bits per heavy atom. The van der Waals surface area contributed by atoms with Crippen LogP contribution in [0.25, 0.3) is 0 Å². The number of ether oxygens (including phenoxy) is 4. The highest BCUT2D eigenvalue weighted by molar-refractivity contribution is 5.89. The summed E-state index contributed by atoms with van der Waals surface area (Å²) in [5, 5.41) is 3.66. The van der Waals surface area contributed by atoms with Gasteiger partial charge in [-0.3, -0.25) is 29.0 Å². The van der Waals surface area contributed by atoms with Crippen molar-refractivity contribution in [2.24, 2.45) is 34.5 Å². The van der Waals surface area contributed by atoms with Crippen molar-refractivity contribution in [3.8, 4) is 0 Å². The van der Waals surface area contributed by atoms with Gasteiger partial charge in [0.15, 0.2) is 0 Å². The van der Waals surface area contributed by atoms with Crippen LogP contribution in [-0.4, -0.2) is 105 Å². The zero-order chi connectivity index (χ0) is 45.4. The van der Waals surface area contributed by atoms with E-state index in [0.29, 0.717) is 38.5 Å². The Labute approximate surface area is 363 Å². The Morgan fingerprint density at radius 1 is 0.433 bits per heavy atom. The quantitative estimate of drug-likeness (QED) is 0.187. The minimum atomic E-state index is -1.19. The van der Waals surface area contributed by atoms with Crippen LogP contribution in [0, 0.1) is 34.5 Å². The third-order valence-corrected chi connectivity index (χ3v) is 15.5. The van der Waals surface area contributed by atoms with Gasteiger partial charge < -0.3 is 24.3 Å². The molecule has 3 heterocycles. The second kappa shape index (κ2) is 16.4. The molecule has 0 spiro atoms. The third-order valence-electron chi connectivity index (χ3n) is 15.5. The minimum Gasteiger partial charge on any atom is -0.462 e. The molecule has 11 heteroatoms. The maximum atomic E-state index is 14.9. The summed E-state index contributed by atoms with van der Waals surface area (Å²) >= 11 is 0. The Hall–Kier alpha value is -2.24. The zero-order valence-corrected chi connectivity index (χ0v) is 41.1. The molecule has 0 bridgehead atoms. The first-order valence-corrected chi connectivity index (χ1v) is 23.1. The van der Waals surface area contributed by atoms with Gasteiger partial charge in [-0.05, 0) is 140 Å². The predicted molar refractivity (Wildman–Crippen MR) is 235 cm³/mol. The van der Waals surface area contributed by atoms with E-state index < -0.39 is 65.9 Å². The summed E-state index contributed by atoms with van der Waals surface area (Å²) in [5.41, 5.74) is -1.71. The summed E-state index contributed by atoms with van der Waals surface area (Å²) in [5.74, 6) is -6.40. The molecule has 5 rings (SSSR count). The van der Waals surface area contributed by atoms with Crippen LogP contribution in [0.2, 0.25) is 0 Å². The van der Waals surface area contributed by atoms with Gasteiger partial charge in [-0.1, -0.05) is 27.7 Å². The molecule has 5 fully saturated rings. The molecule has 11 nitrogen and oxygen atoms in total. The van der Waals surface area contributed by atoms with E-state index in [-0.39, 0.29) is 63.0 Å². The topological polar surface area (TPSA) is 124 Å². The van der Waals surface area contributed by atoms with Crippen LogP contribution in [0.15, 0.2) is 0 Å². The van der Waals surface area contributed by atoms with E-state index in [2.05, 4.69) is 140 Å². The first-order chi connectivity index (χ1) is 27.0. The Kier molecular flexibility index (Phi) is 13.3. The summed E-state index contributed by atoms with van der Waals surface area (Å²) in [7, 11) is 4.20.